The van der Waals surface area contributed by atoms with Gasteiger partial charge in [0, 0.05) is 23.9 Å². The first-order valence-electron chi connectivity index (χ1n) is 12.1. The summed E-state index contributed by atoms with van der Waals surface area (Å²) in [6.45, 7) is 3.14. The predicted molar refractivity (Wildman–Crippen MR) is 139 cm³/mol. The molecular formula is C26H31ClF2N2O6S. The Balaban J connectivity index is 1.63. The van der Waals surface area contributed by atoms with E-state index >= 15 is 0 Å². The van der Waals surface area contributed by atoms with E-state index in [2.05, 4.69) is 10.6 Å². The summed E-state index contributed by atoms with van der Waals surface area (Å²) in [5.74, 6) is -3.90. The largest absolute Gasteiger partial charge is 0.389 e. The van der Waals surface area contributed by atoms with E-state index in [1.807, 2.05) is 0 Å². The molecule has 1 saturated carbocycles. The lowest BCUT2D eigenvalue weighted by atomic mass is 9.77. The lowest BCUT2D eigenvalue weighted by molar-refractivity contribution is -0.128. The van der Waals surface area contributed by atoms with Gasteiger partial charge < -0.3 is 20.8 Å². The van der Waals surface area contributed by atoms with Gasteiger partial charge in [-0.1, -0.05) is 11.6 Å². The summed E-state index contributed by atoms with van der Waals surface area (Å²) < 4.78 is 53.0. The number of amides is 2. The summed E-state index contributed by atoms with van der Waals surface area (Å²) in [6, 6.07) is 6.57. The highest BCUT2D eigenvalue weighted by Crippen LogP contribution is 2.36. The molecule has 1 fully saturated rings. The second-order valence-electron chi connectivity index (χ2n) is 10.4. The molecule has 38 heavy (non-hydrogen) atoms. The van der Waals surface area contributed by atoms with Gasteiger partial charge in [0.25, 0.3) is 5.91 Å². The molecule has 3 rings (SSSR count). The summed E-state index contributed by atoms with van der Waals surface area (Å²) in [6.07, 6.45) is 1.04. The van der Waals surface area contributed by atoms with Crippen molar-refractivity contribution in [3.8, 4) is 0 Å². The monoisotopic (exact) mass is 572 g/mol. The summed E-state index contributed by atoms with van der Waals surface area (Å²) in [7, 11) is -3.93. The van der Waals surface area contributed by atoms with Gasteiger partial charge in [0.15, 0.2) is 21.5 Å². The number of hydrogen-bond acceptors (Lipinski definition) is 6. The molecule has 2 amide bonds. The molecule has 4 N–H and O–H groups in total. The van der Waals surface area contributed by atoms with Crippen molar-refractivity contribution in [2.75, 3.05) is 17.6 Å². The highest BCUT2D eigenvalue weighted by Gasteiger charge is 2.37. The zero-order valence-corrected chi connectivity index (χ0v) is 22.6. The molecule has 0 spiro atoms. The van der Waals surface area contributed by atoms with Gasteiger partial charge in [-0.3, -0.25) is 9.59 Å². The Morgan fingerprint density at radius 3 is 2.37 bits per heavy atom. The fourth-order valence-electron chi connectivity index (χ4n) is 4.29. The third-order valence-electron chi connectivity index (χ3n) is 6.40. The third-order valence-corrected chi connectivity index (χ3v) is 8.76. The van der Waals surface area contributed by atoms with E-state index in [9.17, 15) is 37.0 Å². The maximum atomic E-state index is 13.4. The topological polar surface area (TPSA) is 133 Å². The van der Waals surface area contributed by atoms with Crippen LogP contribution in [0.1, 0.15) is 56.3 Å². The first-order chi connectivity index (χ1) is 17.6. The fourth-order valence-corrected chi connectivity index (χ4v) is 6.57. The molecule has 2 aromatic carbocycles. The minimum atomic E-state index is -3.93. The van der Waals surface area contributed by atoms with Crippen molar-refractivity contribution in [3.63, 3.8) is 0 Å². The Hall–Kier alpha value is -2.60. The number of benzene rings is 2. The molecule has 2 aromatic rings. The molecule has 8 nitrogen and oxygen atoms in total. The number of rotatable bonds is 9. The van der Waals surface area contributed by atoms with Crippen molar-refractivity contribution in [2.24, 2.45) is 5.92 Å². The van der Waals surface area contributed by atoms with Crippen LogP contribution in [0.3, 0.4) is 0 Å². The SMILES string of the molecule is CC(C)(O)CNC(=O)C[C@]1(O)CC[C@@H](CS(=O)(=O)c2cc(C(=O)Nc3ccc(F)c(F)c3)ccc2Cl)CC1. The van der Waals surface area contributed by atoms with Crippen molar-refractivity contribution in [3.05, 3.63) is 58.6 Å². The average Bonchev–Trinajstić information content (AvgIpc) is 2.81. The molecule has 0 unspecified atom stereocenters. The lowest BCUT2D eigenvalue weighted by Gasteiger charge is -2.35. The molecule has 1 aliphatic rings. The van der Waals surface area contributed by atoms with Crippen LogP contribution in [0.4, 0.5) is 14.5 Å². The van der Waals surface area contributed by atoms with Crippen LogP contribution in [0.25, 0.3) is 0 Å². The first-order valence-corrected chi connectivity index (χ1v) is 14.1. The van der Waals surface area contributed by atoms with Gasteiger partial charge in [-0.15, -0.1) is 0 Å². The van der Waals surface area contributed by atoms with Gasteiger partial charge in [-0.25, -0.2) is 17.2 Å². The quantitative estimate of drug-likeness (QED) is 0.361. The lowest BCUT2D eigenvalue weighted by Crippen LogP contribution is -2.44. The second kappa shape index (κ2) is 11.6. The molecule has 0 atom stereocenters. The minimum Gasteiger partial charge on any atom is -0.389 e. The van der Waals surface area contributed by atoms with Crippen LogP contribution in [0.5, 0.6) is 0 Å². The van der Waals surface area contributed by atoms with Crippen molar-refractivity contribution in [1.29, 1.82) is 0 Å². The van der Waals surface area contributed by atoms with E-state index in [0.717, 1.165) is 18.2 Å². The van der Waals surface area contributed by atoms with Crippen molar-refractivity contribution in [1.82, 2.24) is 5.32 Å². The molecule has 12 heteroatoms. The zero-order chi connectivity index (χ0) is 28.3. The minimum absolute atomic E-state index is 0.00305. The zero-order valence-electron chi connectivity index (χ0n) is 21.1. The van der Waals surface area contributed by atoms with Gasteiger partial charge in [0.1, 0.15) is 0 Å². The number of hydrogen-bond donors (Lipinski definition) is 4. The number of nitrogens with one attached hydrogen (secondary N) is 2. The average molecular weight is 573 g/mol. The number of carbonyl (C=O) groups is 2. The maximum Gasteiger partial charge on any atom is 0.255 e. The van der Waals surface area contributed by atoms with E-state index in [-0.39, 0.29) is 58.6 Å². The third kappa shape index (κ3) is 8.20. The van der Waals surface area contributed by atoms with Crippen molar-refractivity contribution < 1.29 is 37.0 Å². The number of sulfone groups is 1. The standard InChI is InChI=1S/C26H31ClF2N2O6S/c1-25(2,34)15-30-23(32)13-26(35)9-7-16(8-10-26)14-38(36,37)22-11-17(3-5-19(22)27)24(33)31-18-4-6-20(28)21(29)12-18/h3-6,11-12,16,34-35H,7-10,13-15H2,1-2H3,(H,30,32)(H,31,33)/t16-,26+. The van der Waals surface area contributed by atoms with Crippen LogP contribution in [-0.2, 0) is 14.6 Å². The molecule has 1 aliphatic carbocycles. The smallest absolute Gasteiger partial charge is 0.255 e. The normalized spacial score (nSPS) is 20.1. The molecule has 0 aromatic heterocycles. The van der Waals surface area contributed by atoms with Gasteiger partial charge in [0.05, 0.1) is 33.3 Å². The Bertz CT molecular complexity index is 1310. The second-order valence-corrected chi connectivity index (χ2v) is 12.9. The Morgan fingerprint density at radius 2 is 1.76 bits per heavy atom. The number of carbonyl (C=O) groups excluding carboxylic acids is 2. The highest BCUT2D eigenvalue weighted by molar-refractivity contribution is 7.91. The van der Waals surface area contributed by atoms with Crippen LogP contribution < -0.4 is 10.6 Å². The van der Waals surface area contributed by atoms with E-state index in [0.29, 0.717) is 12.8 Å². The molecule has 0 saturated heterocycles. The number of halogens is 3. The van der Waals surface area contributed by atoms with Crippen LogP contribution in [0.15, 0.2) is 41.3 Å². The van der Waals surface area contributed by atoms with Gasteiger partial charge in [0.2, 0.25) is 5.91 Å². The summed E-state index contributed by atoms with van der Waals surface area (Å²) in [5.41, 5.74) is -2.38. The van der Waals surface area contributed by atoms with Gasteiger partial charge >= 0.3 is 0 Å². The molecule has 208 valence electrons. The van der Waals surface area contributed by atoms with Crippen molar-refractivity contribution in [2.45, 2.75) is 62.0 Å². The molecular weight excluding hydrogens is 542 g/mol. The summed E-state index contributed by atoms with van der Waals surface area (Å²) in [5, 5.41) is 25.5. The number of aliphatic hydroxyl groups is 2. The Kier molecular flexibility index (Phi) is 9.18. The van der Waals surface area contributed by atoms with Crippen LogP contribution in [0, 0.1) is 17.6 Å². The molecule has 0 radical (unpaired) electrons. The van der Waals surface area contributed by atoms with Crippen LogP contribution in [-0.4, -0.2) is 53.9 Å². The summed E-state index contributed by atoms with van der Waals surface area (Å²) >= 11 is 6.16. The van der Waals surface area contributed by atoms with E-state index in [1.54, 1.807) is 13.8 Å². The molecule has 0 bridgehead atoms. The van der Waals surface area contributed by atoms with Crippen LogP contribution in [0.2, 0.25) is 5.02 Å². The Morgan fingerprint density at radius 1 is 1.11 bits per heavy atom. The first kappa shape index (κ1) is 29.9. The molecule has 0 aliphatic heterocycles. The van der Waals surface area contributed by atoms with Gasteiger partial charge in [-0.2, -0.15) is 0 Å². The Labute approximate surface area is 225 Å². The van der Waals surface area contributed by atoms with Crippen LogP contribution >= 0.6 is 11.6 Å². The van der Waals surface area contributed by atoms with E-state index in [4.69, 9.17) is 11.6 Å². The predicted octanol–water partition coefficient (Wildman–Crippen LogP) is 3.84. The maximum absolute atomic E-state index is 13.4. The highest BCUT2D eigenvalue weighted by atomic mass is 35.5. The van der Waals surface area contributed by atoms with Gasteiger partial charge in [-0.05, 0) is 75.8 Å². The fraction of sp³-hybridized carbons (Fsp3) is 0.462. The number of anilines is 1. The summed E-state index contributed by atoms with van der Waals surface area (Å²) in [4.78, 5) is 24.5. The van der Waals surface area contributed by atoms with E-state index < -0.39 is 44.5 Å². The molecule has 0 heterocycles. The van der Waals surface area contributed by atoms with Crippen molar-refractivity contribution >= 4 is 38.9 Å². The van der Waals surface area contributed by atoms with E-state index in [1.165, 1.54) is 18.2 Å².